The normalized spacial score (nSPS) is 15.9. The van der Waals surface area contributed by atoms with Crippen molar-refractivity contribution in [1.29, 1.82) is 0 Å². The van der Waals surface area contributed by atoms with Crippen molar-refractivity contribution in [2.24, 2.45) is 0 Å². The number of hydrogen-bond acceptors (Lipinski definition) is 7. The molecule has 1 unspecified atom stereocenters. The predicted molar refractivity (Wildman–Crippen MR) is 121 cm³/mol. The zero-order valence-corrected chi connectivity index (χ0v) is 17.3. The maximum Gasteiger partial charge on any atom is 0.353 e. The second-order valence-corrected chi connectivity index (χ2v) is 7.67. The summed E-state index contributed by atoms with van der Waals surface area (Å²) in [6.45, 7) is 2.72. The summed E-state index contributed by atoms with van der Waals surface area (Å²) < 4.78 is 0. The van der Waals surface area contributed by atoms with Gasteiger partial charge in [-0.1, -0.05) is 60.7 Å². The average molecular weight is 419 g/mol. The molecule has 8 heteroatoms. The summed E-state index contributed by atoms with van der Waals surface area (Å²) >= 11 is 0. The van der Waals surface area contributed by atoms with Crippen molar-refractivity contribution in [2.45, 2.75) is 32.0 Å². The van der Waals surface area contributed by atoms with Gasteiger partial charge in [0.25, 0.3) is 0 Å². The number of nitrogens with zero attached hydrogens (tertiary/aromatic N) is 4. The molecule has 0 aliphatic carbocycles. The van der Waals surface area contributed by atoms with Crippen molar-refractivity contribution in [3.8, 4) is 0 Å². The first kappa shape index (κ1) is 20.7. The molecule has 1 aliphatic heterocycles. The van der Waals surface area contributed by atoms with Gasteiger partial charge < -0.3 is 15.5 Å². The number of hydrogen-bond donors (Lipinski definition) is 2. The van der Waals surface area contributed by atoms with E-state index >= 15 is 0 Å². The van der Waals surface area contributed by atoms with Crippen LogP contribution in [0.25, 0.3) is 0 Å². The van der Waals surface area contributed by atoms with E-state index in [9.17, 15) is 10.1 Å². The lowest BCUT2D eigenvalue weighted by Crippen LogP contribution is -2.38. The Bertz CT molecular complexity index is 952. The first-order valence-corrected chi connectivity index (χ1v) is 10.5. The monoisotopic (exact) mass is 418 g/mol. The minimum Gasteiger partial charge on any atom is -0.360 e. The Balaban J connectivity index is 1.70. The molecule has 0 amide bonds. The Kier molecular flexibility index (Phi) is 6.68. The third kappa shape index (κ3) is 5.35. The third-order valence-electron chi connectivity index (χ3n) is 5.36. The molecule has 2 heterocycles. The van der Waals surface area contributed by atoms with E-state index in [1.807, 2.05) is 65.6 Å². The highest BCUT2D eigenvalue weighted by atomic mass is 16.6. The van der Waals surface area contributed by atoms with Crippen LogP contribution >= 0.6 is 0 Å². The van der Waals surface area contributed by atoms with E-state index in [0.717, 1.165) is 37.1 Å². The molecule has 0 bridgehead atoms. The number of benzene rings is 2. The molecule has 8 nitrogen and oxygen atoms in total. The van der Waals surface area contributed by atoms with Crippen molar-refractivity contribution in [3.63, 3.8) is 0 Å². The first-order chi connectivity index (χ1) is 15.2. The minimum absolute atomic E-state index is 0.0834. The molecule has 2 N–H and O–H groups in total. The number of nitrogens with one attached hydrogen (secondary N) is 2. The SMILES string of the molecule is O=[N+]([O-])c1c(NC2CCCNC2)ncnc1N(Cc1ccccc1)Cc1ccccc1. The molecule has 0 radical (unpaired) electrons. The first-order valence-electron chi connectivity index (χ1n) is 10.5. The topological polar surface area (TPSA) is 96.2 Å². The van der Waals surface area contributed by atoms with Gasteiger partial charge >= 0.3 is 5.69 Å². The van der Waals surface area contributed by atoms with Crippen LogP contribution in [0.5, 0.6) is 0 Å². The number of anilines is 2. The van der Waals surface area contributed by atoms with Crippen LogP contribution in [-0.4, -0.2) is 34.0 Å². The minimum atomic E-state index is -0.378. The molecule has 1 aliphatic rings. The molecule has 0 saturated carbocycles. The quantitative estimate of drug-likeness (QED) is 0.425. The maximum absolute atomic E-state index is 12.1. The molecule has 4 rings (SSSR count). The van der Waals surface area contributed by atoms with Gasteiger partial charge in [0.15, 0.2) is 0 Å². The summed E-state index contributed by atoms with van der Waals surface area (Å²) in [5, 5.41) is 18.7. The lowest BCUT2D eigenvalue weighted by molar-refractivity contribution is -0.383. The molecule has 31 heavy (non-hydrogen) atoms. The Labute approximate surface area is 181 Å². The lowest BCUT2D eigenvalue weighted by Gasteiger charge is -2.26. The molecule has 160 valence electrons. The smallest absolute Gasteiger partial charge is 0.353 e. The van der Waals surface area contributed by atoms with Gasteiger partial charge in [-0.25, -0.2) is 9.97 Å². The zero-order valence-electron chi connectivity index (χ0n) is 17.3. The third-order valence-corrected chi connectivity index (χ3v) is 5.36. The van der Waals surface area contributed by atoms with Crippen LogP contribution in [0.4, 0.5) is 17.3 Å². The van der Waals surface area contributed by atoms with E-state index < -0.39 is 0 Å². The van der Waals surface area contributed by atoms with Gasteiger partial charge in [-0.3, -0.25) is 10.1 Å². The molecular weight excluding hydrogens is 392 g/mol. The van der Waals surface area contributed by atoms with E-state index in [0.29, 0.717) is 18.9 Å². The highest BCUT2D eigenvalue weighted by Crippen LogP contribution is 2.34. The van der Waals surface area contributed by atoms with E-state index in [-0.39, 0.29) is 22.5 Å². The zero-order chi connectivity index (χ0) is 21.5. The van der Waals surface area contributed by atoms with Crippen LogP contribution < -0.4 is 15.5 Å². The van der Waals surface area contributed by atoms with Gasteiger partial charge in [0.05, 0.1) is 4.92 Å². The van der Waals surface area contributed by atoms with Crippen LogP contribution in [0.3, 0.4) is 0 Å². The van der Waals surface area contributed by atoms with Crippen LogP contribution in [0, 0.1) is 10.1 Å². The van der Waals surface area contributed by atoms with Crippen LogP contribution in [0.1, 0.15) is 24.0 Å². The Morgan fingerprint density at radius 1 is 1.03 bits per heavy atom. The Morgan fingerprint density at radius 3 is 2.23 bits per heavy atom. The maximum atomic E-state index is 12.1. The van der Waals surface area contributed by atoms with Crippen LogP contribution in [0.15, 0.2) is 67.0 Å². The summed E-state index contributed by atoms with van der Waals surface area (Å²) in [5.74, 6) is 0.591. The van der Waals surface area contributed by atoms with Gasteiger partial charge in [-0.2, -0.15) is 0 Å². The highest BCUT2D eigenvalue weighted by Gasteiger charge is 2.29. The molecular formula is C23H26N6O2. The molecule has 0 spiro atoms. The molecule has 1 saturated heterocycles. The molecule has 3 aromatic rings. The van der Waals surface area contributed by atoms with Crippen molar-refractivity contribution in [1.82, 2.24) is 15.3 Å². The average Bonchev–Trinajstić information content (AvgIpc) is 2.80. The number of nitro groups is 1. The Morgan fingerprint density at radius 2 is 1.68 bits per heavy atom. The molecule has 1 atom stereocenters. The molecule has 2 aromatic carbocycles. The van der Waals surface area contributed by atoms with Gasteiger partial charge in [0.1, 0.15) is 6.33 Å². The van der Waals surface area contributed by atoms with Crippen molar-refractivity contribution < 1.29 is 4.92 Å². The van der Waals surface area contributed by atoms with Crippen LogP contribution in [0.2, 0.25) is 0 Å². The number of rotatable bonds is 8. The van der Waals surface area contributed by atoms with Gasteiger partial charge in [0.2, 0.25) is 11.6 Å². The van der Waals surface area contributed by atoms with Gasteiger partial charge in [0, 0.05) is 25.7 Å². The second-order valence-electron chi connectivity index (χ2n) is 7.67. The number of piperidine rings is 1. The largest absolute Gasteiger partial charge is 0.360 e. The standard InChI is InChI=1S/C23H26N6O2/c30-29(31)21-22(27-20-12-7-13-24-14-20)25-17-26-23(21)28(15-18-8-3-1-4-9-18)16-19-10-5-2-6-11-19/h1-6,8-11,17,20,24H,7,12-16H2,(H,25,26,27). The highest BCUT2D eigenvalue weighted by molar-refractivity contribution is 5.70. The molecule has 1 fully saturated rings. The van der Waals surface area contributed by atoms with Crippen molar-refractivity contribution >= 4 is 17.3 Å². The Hall–Kier alpha value is -3.52. The molecule has 1 aromatic heterocycles. The van der Waals surface area contributed by atoms with E-state index in [4.69, 9.17) is 0 Å². The van der Waals surface area contributed by atoms with Gasteiger partial charge in [-0.05, 0) is 30.5 Å². The predicted octanol–water partition coefficient (Wildman–Crippen LogP) is 3.76. The summed E-state index contributed by atoms with van der Waals surface area (Å²) in [6, 6.07) is 19.9. The fourth-order valence-electron chi connectivity index (χ4n) is 3.86. The van der Waals surface area contributed by atoms with Crippen LogP contribution in [-0.2, 0) is 13.1 Å². The summed E-state index contributed by atoms with van der Waals surface area (Å²) in [7, 11) is 0. The van der Waals surface area contributed by atoms with E-state index in [2.05, 4.69) is 20.6 Å². The lowest BCUT2D eigenvalue weighted by atomic mass is 10.1. The van der Waals surface area contributed by atoms with E-state index in [1.165, 1.54) is 6.33 Å². The van der Waals surface area contributed by atoms with Gasteiger partial charge in [-0.15, -0.1) is 0 Å². The summed E-state index contributed by atoms with van der Waals surface area (Å²) in [4.78, 5) is 22.3. The van der Waals surface area contributed by atoms with Crippen molar-refractivity contribution in [2.75, 3.05) is 23.3 Å². The number of aromatic nitrogens is 2. The fourth-order valence-corrected chi connectivity index (χ4v) is 3.86. The second kappa shape index (κ2) is 9.99. The summed E-state index contributed by atoms with van der Waals surface area (Å²) in [5.41, 5.74) is 2.02. The summed E-state index contributed by atoms with van der Waals surface area (Å²) in [6.07, 6.45) is 3.38. The van der Waals surface area contributed by atoms with E-state index in [1.54, 1.807) is 0 Å². The fraction of sp³-hybridized carbons (Fsp3) is 0.304. The van der Waals surface area contributed by atoms with Crippen molar-refractivity contribution in [3.05, 3.63) is 88.2 Å².